The number of amides is 2. The Kier molecular flexibility index (Phi) is 6.02. The Hall–Kier alpha value is -2.64. The van der Waals surface area contributed by atoms with Gasteiger partial charge in [0.2, 0.25) is 12.7 Å². The third-order valence-electron chi connectivity index (χ3n) is 6.07. The first-order valence-corrected chi connectivity index (χ1v) is 11.9. The van der Waals surface area contributed by atoms with Gasteiger partial charge < -0.3 is 20.1 Å². The minimum atomic E-state index is -0.111. The van der Waals surface area contributed by atoms with Crippen LogP contribution in [-0.4, -0.2) is 29.9 Å². The Labute approximate surface area is 195 Å². The van der Waals surface area contributed by atoms with Crippen LogP contribution in [0.25, 0.3) is 6.08 Å². The first kappa shape index (κ1) is 21.2. The molecule has 3 aliphatic rings. The van der Waals surface area contributed by atoms with Crippen LogP contribution in [-0.2, 0) is 16.1 Å². The van der Waals surface area contributed by atoms with Crippen LogP contribution < -0.4 is 20.1 Å². The topological polar surface area (TPSA) is 76.7 Å². The van der Waals surface area contributed by atoms with Gasteiger partial charge in [-0.25, -0.2) is 0 Å². The molecule has 2 aliphatic heterocycles. The highest BCUT2D eigenvalue weighted by Crippen LogP contribution is 2.40. The van der Waals surface area contributed by atoms with Gasteiger partial charge in [0.05, 0.1) is 4.91 Å². The Balaban J connectivity index is 1.18. The maximum absolute atomic E-state index is 12.8. The lowest BCUT2D eigenvalue weighted by Crippen LogP contribution is -2.51. The lowest BCUT2D eigenvalue weighted by molar-refractivity contribution is -0.127. The van der Waals surface area contributed by atoms with Crippen LogP contribution in [0.3, 0.4) is 0 Å². The Morgan fingerprint density at radius 1 is 1.19 bits per heavy atom. The van der Waals surface area contributed by atoms with Gasteiger partial charge in [-0.3, -0.25) is 9.59 Å². The normalized spacial score (nSPS) is 25.2. The molecule has 2 amide bonds. The van der Waals surface area contributed by atoms with Gasteiger partial charge in [0, 0.05) is 28.8 Å². The lowest BCUT2D eigenvalue weighted by atomic mass is 9.84. The Morgan fingerprint density at radius 2 is 2.03 bits per heavy atom. The molecule has 8 heteroatoms. The van der Waals surface area contributed by atoms with Crippen LogP contribution in [0.1, 0.15) is 30.4 Å². The molecule has 2 N–H and O–H groups in total. The summed E-state index contributed by atoms with van der Waals surface area (Å²) in [5, 5.41) is 7.03. The molecule has 3 atom stereocenters. The summed E-state index contributed by atoms with van der Waals surface area (Å²) in [6.07, 6.45) is 4.17. The summed E-state index contributed by atoms with van der Waals surface area (Å²) in [5.41, 5.74) is 1.80. The molecule has 1 saturated heterocycles. The molecule has 0 spiro atoms. The summed E-state index contributed by atoms with van der Waals surface area (Å²) in [4.78, 5) is 26.1. The number of benzene rings is 2. The molecule has 2 aromatic carbocycles. The minimum absolute atomic E-state index is 0.00839. The second kappa shape index (κ2) is 9.08. The van der Waals surface area contributed by atoms with Crippen LogP contribution in [0, 0.1) is 5.92 Å². The van der Waals surface area contributed by atoms with E-state index in [9.17, 15) is 9.59 Å². The summed E-state index contributed by atoms with van der Waals surface area (Å²) in [6.45, 7) is 0.667. The molecular formula is C24H23ClN2O4S. The van der Waals surface area contributed by atoms with Crippen LogP contribution in [0.15, 0.2) is 47.4 Å². The number of fused-ring (bicyclic) bond motifs is 2. The number of hydrogen-bond donors (Lipinski definition) is 2. The van der Waals surface area contributed by atoms with E-state index in [1.165, 1.54) is 0 Å². The van der Waals surface area contributed by atoms with Crippen molar-refractivity contribution in [1.29, 1.82) is 0 Å². The van der Waals surface area contributed by atoms with Crippen molar-refractivity contribution in [2.45, 2.75) is 37.1 Å². The van der Waals surface area contributed by atoms with Crippen molar-refractivity contribution in [1.82, 2.24) is 10.6 Å². The zero-order valence-electron chi connectivity index (χ0n) is 17.3. The molecule has 2 aromatic rings. The number of hydrogen-bond acceptors (Lipinski definition) is 5. The molecule has 0 bridgehead atoms. The van der Waals surface area contributed by atoms with E-state index >= 15 is 0 Å². The molecule has 0 aromatic heterocycles. The maximum atomic E-state index is 12.8. The number of carbonyl (C=O) groups excluding carboxylic acids is 2. The van der Waals surface area contributed by atoms with Gasteiger partial charge in [-0.2, -0.15) is 0 Å². The molecule has 0 radical (unpaired) electrons. The van der Waals surface area contributed by atoms with Crippen molar-refractivity contribution < 1.29 is 19.1 Å². The first-order valence-electron chi connectivity index (χ1n) is 10.7. The van der Waals surface area contributed by atoms with E-state index in [1.807, 2.05) is 48.5 Å². The summed E-state index contributed by atoms with van der Waals surface area (Å²) >= 11 is 7.84. The highest BCUT2D eigenvalue weighted by Gasteiger charge is 2.39. The number of nitrogens with one attached hydrogen (secondary N) is 2. The van der Waals surface area contributed by atoms with Gasteiger partial charge in [-0.05, 0) is 54.7 Å². The largest absolute Gasteiger partial charge is 0.454 e. The van der Waals surface area contributed by atoms with Crippen molar-refractivity contribution in [3.8, 4) is 11.5 Å². The maximum Gasteiger partial charge on any atom is 0.257 e. The molecule has 2 heterocycles. The molecule has 2 fully saturated rings. The monoisotopic (exact) mass is 470 g/mol. The average Bonchev–Trinajstić information content (AvgIpc) is 3.27. The molecule has 6 nitrogen and oxygen atoms in total. The van der Waals surface area contributed by atoms with E-state index in [0.717, 1.165) is 29.7 Å². The number of rotatable bonds is 4. The standard InChI is InChI=1S/C24H23ClN2O4S/c25-17-4-2-1-3-15(17)11-22-24(29)27-18-10-16(6-8-21(18)32-22)23(28)26-12-14-5-7-19-20(9-14)31-13-30-19/h1-5,7,9,11,16,18,21H,6,8,10,12-13H2,(H,26,28)(H,27,29)/b22-11+. The zero-order chi connectivity index (χ0) is 22.1. The van der Waals surface area contributed by atoms with Crippen LogP contribution >= 0.6 is 23.4 Å². The molecule has 32 heavy (non-hydrogen) atoms. The molecular weight excluding hydrogens is 448 g/mol. The number of thioether (sulfide) groups is 1. The van der Waals surface area contributed by atoms with Gasteiger partial charge in [-0.1, -0.05) is 35.9 Å². The van der Waals surface area contributed by atoms with Crippen molar-refractivity contribution in [2.75, 3.05) is 6.79 Å². The third kappa shape index (κ3) is 4.45. The summed E-state index contributed by atoms with van der Waals surface area (Å²) in [6, 6.07) is 13.2. The van der Waals surface area contributed by atoms with Gasteiger partial charge in [0.15, 0.2) is 11.5 Å². The van der Waals surface area contributed by atoms with E-state index in [0.29, 0.717) is 28.6 Å². The molecule has 5 rings (SSSR count). The summed E-state index contributed by atoms with van der Waals surface area (Å²) in [5.74, 6) is 1.25. The lowest BCUT2D eigenvalue weighted by Gasteiger charge is -2.39. The minimum Gasteiger partial charge on any atom is -0.454 e. The van der Waals surface area contributed by atoms with E-state index in [-0.39, 0.29) is 35.8 Å². The van der Waals surface area contributed by atoms with Crippen LogP contribution in [0.2, 0.25) is 5.02 Å². The third-order valence-corrected chi connectivity index (χ3v) is 7.84. The first-order chi connectivity index (χ1) is 15.6. The SMILES string of the molecule is O=C1NC2CC(C(=O)NCc3ccc4c(c3)OCO4)CCC2S/C1=C/c1ccccc1Cl. The molecule has 1 saturated carbocycles. The molecule has 1 aliphatic carbocycles. The highest BCUT2D eigenvalue weighted by atomic mass is 35.5. The fourth-order valence-corrected chi connectivity index (χ4v) is 5.82. The van der Waals surface area contributed by atoms with E-state index < -0.39 is 0 Å². The quantitative estimate of drug-likeness (QED) is 0.657. The second-order valence-electron chi connectivity index (χ2n) is 8.18. The van der Waals surface area contributed by atoms with E-state index in [2.05, 4.69) is 10.6 Å². The highest BCUT2D eigenvalue weighted by molar-refractivity contribution is 8.04. The fourth-order valence-electron chi connectivity index (χ4n) is 4.35. The fraction of sp³-hybridized carbons (Fsp3) is 0.333. The van der Waals surface area contributed by atoms with Crippen LogP contribution in [0.5, 0.6) is 11.5 Å². The van der Waals surface area contributed by atoms with Gasteiger partial charge in [0.25, 0.3) is 5.91 Å². The van der Waals surface area contributed by atoms with Gasteiger partial charge in [-0.15, -0.1) is 11.8 Å². The van der Waals surface area contributed by atoms with Crippen molar-refractivity contribution >= 4 is 41.3 Å². The summed E-state index contributed by atoms with van der Waals surface area (Å²) in [7, 11) is 0. The Morgan fingerprint density at radius 3 is 2.91 bits per heavy atom. The summed E-state index contributed by atoms with van der Waals surface area (Å²) < 4.78 is 10.7. The van der Waals surface area contributed by atoms with Crippen molar-refractivity contribution in [2.24, 2.45) is 5.92 Å². The van der Waals surface area contributed by atoms with E-state index in [1.54, 1.807) is 11.8 Å². The van der Waals surface area contributed by atoms with Gasteiger partial charge in [0.1, 0.15) is 0 Å². The smallest absolute Gasteiger partial charge is 0.257 e. The van der Waals surface area contributed by atoms with Gasteiger partial charge >= 0.3 is 0 Å². The Bertz CT molecular complexity index is 1090. The zero-order valence-corrected chi connectivity index (χ0v) is 18.9. The number of carbonyl (C=O) groups is 2. The van der Waals surface area contributed by atoms with Crippen molar-refractivity contribution in [3.63, 3.8) is 0 Å². The van der Waals surface area contributed by atoms with E-state index in [4.69, 9.17) is 21.1 Å². The molecule has 166 valence electrons. The molecule has 3 unspecified atom stereocenters. The second-order valence-corrected chi connectivity index (χ2v) is 9.87. The number of ether oxygens (including phenoxy) is 2. The predicted molar refractivity (Wildman–Crippen MR) is 124 cm³/mol. The predicted octanol–water partition coefficient (Wildman–Crippen LogP) is 4.13. The average molecular weight is 471 g/mol. The van der Waals surface area contributed by atoms with Crippen molar-refractivity contribution in [3.05, 3.63) is 63.5 Å². The number of halogens is 1. The van der Waals surface area contributed by atoms with Crippen LogP contribution in [0.4, 0.5) is 0 Å².